The Balaban J connectivity index is 2.18. The van der Waals surface area contributed by atoms with Gasteiger partial charge in [0.25, 0.3) is 0 Å². The third kappa shape index (κ3) is 4.68. The number of nitrogen functional groups attached to an aromatic ring is 1. The van der Waals surface area contributed by atoms with E-state index in [2.05, 4.69) is 60.6 Å². The normalized spacial score (nSPS) is 10.8. The molecule has 2 rings (SSSR count). The average molecular weight is 479 g/mol. The van der Waals surface area contributed by atoms with E-state index in [1.54, 1.807) is 17.7 Å². The van der Waals surface area contributed by atoms with E-state index in [0.29, 0.717) is 17.6 Å². The standard InChI is InChI=1S/C13H12BrIN4OS/c1-2-3-20-12-8(4-9(14)5-10(12)15)6-17-19-13-18-11(16)7-21-13/h2,4-7H,1,3,16H2,(H,18,19). The van der Waals surface area contributed by atoms with Crippen molar-refractivity contribution in [3.05, 3.63) is 43.8 Å². The number of benzene rings is 1. The van der Waals surface area contributed by atoms with Crippen LogP contribution in [0.1, 0.15) is 5.56 Å². The van der Waals surface area contributed by atoms with E-state index in [9.17, 15) is 0 Å². The van der Waals surface area contributed by atoms with Crippen LogP contribution < -0.4 is 15.9 Å². The minimum atomic E-state index is 0.439. The Bertz CT molecular complexity index is 674. The van der Waals surface area contributed by atoms with E-state index in [-0.39, 0.29) is 0 Å². The van der Waals surface area contributed by atoms with Crippen LogP contribution in [0.4, 0.5) is 10.9 Å². The molecule has 2 aromatic rings. The predicted molar refractivity (Wildman–Crippen MR) is 100 cm³/mol. The maximum Gasteiger partial charge on any atom is 0.205 e. The van der Waals surface area contributed by atoms with Crippen molar-refractivity contribution < 1.29 is 4.74 Å². The molecule has 0 fully saturated rings. The molecule has 8 heteroatoms. The van der Waals surface area contributed by atoms with Crippen molar-refractivity contribution in [2.24, 2.45) is 5.10 Å². The summed E-state index contributed by atoms with van der Waals surface area (Å²) in [5, 5.41) is 6.55. The molecule has 1 heterocycles. The minimum Gasteiger partial charge on any atom is -0.488 e. The molecule has 1 aromatic carbocycles. The molecule has 0 aliphatic heterocycles. The molecular weight excluding hydrogens is 467 g/mol. The topological polar surface area (TPSA) is 72.5 Å². The van der Waals surface area contributed by atoms with Crippen molar-refractivity contribution in [1.29, 1.82) is 0 Å². The van der Waals surface area contributed by atoms with Crippen LogP contribution in [0.5, 0.6) is 5.75 Å². The number of nitrogens with two attached hydrogens (primary N) is 1. The van der Waals surface area contributed by atoms with Gasteiger partial charge in [-0.15, -0.1) is 11.3 Å². The number of halogens is 2. The third-order valence-corrected chi connectivity index (χ3v) is 4.29. The highest BCUT2D eigenvalue weighted by Gasteiger charge is 2.08. The van der Waals surface area contributed by atoms with Crippen molar-refractivity contribution in [3.8, 4) is 5.75 Å². The number of nitrogens with zero attached hydrogens (tertiary/aromatic N) is 2. The molecule has 1 aromatic heterocycles. The van der Waals surface area contributed by atoms with Gasteiger partial charge in [-0.1, -0.05) is 28.6 Å². The molecule has 0 saturated carbocycles. The maximum atomic E-state index is 5.68. The van der Waals surface area contributed by atoms with Crippen LogP contribution in [0.15, 0.2) is 39.7 Å². The summed E-state index contributed by atoms with van der Waals surface area (Å²) in [6.07, 6.45) is 3.39. The van der Waals surface area contributed by atoms with Crippen molar-refractivity contribution in [2.45, 2.75) is 0 Å². The molecule has 110 valence electrons. The van der Waals surface area contributed by atoms with E-state index in [0.717, 1.165) is 19.4 Å². The van der Waals surface area contributed by atoms with Crippen molar-refractivity contribution >= 4 is 67.0 Å². The van der Waals surface area contributed by atoms with Gasteiger partial charge >= 0.3 is 0 Å². The van der Waals surface area contributed by atoms with Gasteiger partial charge in [0.15, 0.2) is 0 Å². The van der Waals surface area contributed by atoms with Crippen molar-refractivity contribution in [2.75, 3.05) is 17.8 Å². The molecule has 0 radical (unpaired) electrons. The zero-order chi connectivity index (χ0) is 15.2. The van der Waals surface area contributed by atoms with Gasteiger partial charge in [-0.05, 0) is 34.7 Å². The van der Waals surface area contributed by atoms with Gasteiger partial charge in [-0.25, -0.2) is 4.98 Å². The lowest BCUT2D eigenvalue weighted by Gasteiger charge is -2.10. The van der Waals surface area contributed by atoms with Gasteiger partial charge in [0.1, 0.15) is 18.2 Å². The first-order chi connectivity index (χ1) is 10.1. The summed E-state index contributed by atoms with van der Waals surface area (Å²) in [4.78, 5) is 4.07. The zero-order valence-electron chi connectivity index (χ0n) is 10.8. The van der Waals surface area contributed by atoms with Crippen molar-refractivity contribution in [1.82, 2.24) is 4.98 Å². The van der Waals surface area contributed by atoms with Gasteiger partial charge in [0.05, 0.1) is 9.78 Å². The lowest BCUT2D eigenvalue weighted by atomic mass is 10.2. The summed E-state index contributed by atoms with van der Waals surface area (Å²) in [5.41, 5.74) is 9.24. The molecule has 5 nitrogen and oxygen atoms in total. The fourth-order valence-electron chi connectivity index (χ4n) is 1.47. The predicted octanol–water partition coefficient (Wildman–Crippen LogP) is 4.10. The summed E-state index contributed by atoms with van der Waals surface area (Å²) in [7, 11) is 0. The Morgan fingerprint density at radius 2 is 2.38 bits per heavy atom. The first kappa shape index (κ1) is 16.2. The number of ether oxygens (including phenoxy) is 1. The lowest BCUT2D eigenvalue weighted by Crippen LogP contribution is -2.00. The van der Waals surface area contributed by atoms with Crippen LogP contribution in [0.3, 0.4) is 0 Å². The number of nitrogens with one attached hydrogen (secondary N) is 1. The van der Waals surface area contributed by atoms with Crippen LogP contribution in [-0.2, 0) is 0 Å². The highest BCUT2D eigenvalue weighted by Crippen LogP contribution is 2.29. The molecule has 3 N–H and O–H groups in total. The summed E-state index contributed by atoms with van der Waals surface area (Å²) < 4.78 is 7.63. The van der Waals surface area contributed by atoms with Gasteiger partial charge < -0.3 is 10.5 Å². The number of hydrazone groups is 1. The first-order valence-electron chi connectivity index (χ1n) is 5.83. The first-order valence-corrected chi connectivity index (χ1v) is 8.58. The number of thiazole rings is 1. The lowest BCUT2D eigenvalue weighted by molar-refractivity contribution is 0.360. The van der Waals surface area contributed by atoms with Gasteiger partial charge in [-0.2, -0.15) is 5.10 Å². The number of aromatic nitrogens is 1. The summed E-state index contributed by atoms with van der Waals surface area (Å²) >= 11 is 7.08. The van der Waals surface area contributed by atoms with Crippen molar-refractivity contribution in [3.63, 3.8) is 0 Å². The van der Waals surface area contributed by atoms with E-state index in [1.165, 1.54) is 11.3 Å². The molecule has 0 unspecified atom stereocenters. The Kier molecular flexibility index (Phi) is 6.00. The van der Waals surface area contributed by atoms with Crippen LogP contribution in [0.2, 0.25) is 0 Å². The highest BCUT2D eigenvalue weighted by atomic mass is 127. The Morgan fingerprint density at radius 1 is 1.57 bits per heavy atom. The molecule has 0 bridgehead atoms. The average Bonchev–Trinajstić information content (AvgIpc) is 2.83. The fraction of sp³-hybridized carbons (Fsp3) is 0.0769. The minimum absolute atomic E-state index is 0.439. The Hall–Kier alpha value is -1.13. The summed E-state index contributed by atoms with van der Waals surface area (Å²) in [6.45, 7) is 4.09. The number of anilines is 2. The van der Waals surface area contributed by atoms with Crippen LogP contribution in [0.25, 0.3) is 0 Å². The smallest absolute Gasteiger partial charge is 0.205 e. The van der Waals surface area contributed by atoms with E-state index >= 15 is 0 Å². The fourth-order valence-corrected chi connectivity index (χ4v) is 3.72. The highest BCUT2D eigenvalue weighted by molar-refractivity contribution is 14.1. The summed E-state index contributed by atoms with van der Waals surface area (Å²) in [6, 6.07) is 3.91. The molecule has 21 heavy (non-hydrogen) atoms. The van der Waals surface area contributed by atoms with Gasteiger partial charge in [-0.3, -0.25) is 5.43 Å². The zero-order valence-corrected chi connectivity index (χ0v) is 15.4. The molecule has 0 saturated heterocycles. The van der Waals surface area contributed by atoms with E-state index < -0.39 is 0 Å². The quantitative estimate of drug-likeness (QED) is 0.283. The molecule has 0 amide bonds. The van der Waals surface area contributed by atoms with E-state index in [4.69, 9.17) is 10.5 Å². The maximum absolute atomic E-state index is 5.68. The van der Waals surface area contributed by atoms with Gasteiger partial charge in [0.2, 0.25) is 5.13 Å². The van der Waals surface area contributed by atoms with E-state index in [1.807, 2.05) is 12.1 Å². The molecule has 0 aliphatic carbocycles. The second-order valence-electron chi connectivity index (χ2n) is 3.85. The number of rotatable bonds is 6. The number of hydrogen-bond acceptors (Lipinski definition) is 6. The number of hydrogen-bond donors (Lipinski definition) is 2. The monoisotopic (exact) mass is 478 g/mol. The van der Waals surface area contributed by atoms with Crippen LogP contribution >= 0.6 is 49.9 Å². The molecule has 0 aliphatic rings. The Morgan fingerprint density at radius 3 is 3.05 bits per heavy atom. The molecule has 0 atom stereocenters. The third-order valence-electron chi connectivity index (χ3n) is 2.27. The van der Waals surface area contributed by atoms with Crippen LogP contribution in [-0.4, -0.2) is 17.8 Å². The van der Waals surface area contributed by atoms with Gasteiger partial charge in [0, 0.05) is 15.4 Å². The second-order valence-corrected chi connectivity index (χ2v) is 6.79. The molecule has 0 spiro atoms. The largest absolute Gasteiger partial charge is 0.488 e. The van der Waals surface area contributed by atoms with Crippen LogP contribution in [0, 0.1) is 3.57 Å². The SMILES string of the molecule is C=CCOc1c(I)cc(Br)cc1C=NNc1nc(N)cs1. The summed E-state index contributed by atoms with van der Waals surface area (Å²) in [5.74, 6) is 1.24. The Labute approximate surface area is 148 Å². The molecular formula is C13H12BrIN4OS. The second kappa shape index (κ2) is 7.76.